The number of nitrogens with two attached hydrogens (primary N) is 1. The molecule has 5 heterocycles. The number of nitrogens with one attached hydrogen (secondary N) is 2. The Hall–Kier alpha value is -2.27. The number of hydrogen-bond acceptors (Lipinski definition) is 14. The van der Waals surface area contributed by atoms with E-state index in [0.717, 1.165) is 41.8 Å². The summed E-state index contributed by atoms with van der Waals surface area (Å²) in [6.45, 7) is 2.45. The normalized spacial score (nSPS) is 13.2. The smallest absolute Gasteiger partial charge is 0.286 e. The monoisotopic (exact) mass is 2170 g/mol. The van der Waals surface area contributed by atoms with Gasteiger partial charge in [0.05, 0.1) is 47.5 Å². The summed E-state index contributed by atoms with van der Waals surface area (Å²) in [6, 6.07) is 41.4. The number of sulfonamides is 2. The van der Waals surface area contributed by atoms with Crippen LogP contribution in [0.15, 0.2) is 183 Å². The van der Waals surface area contributed by atoms with Crippen molar-refractivity contribution in [3.8, 4) is 23.1 Å². The number of nitrogens with zero attached hydrogens (tertiary/aromatic N) is 9. The maximum atomic E-state index is 12.6. The number of benzene rings is 5. The van der Waals surface area contributed by atoms with Crippen molar-refractivity contribution in [3.05, 3.63) is 188 Å². The fraction of sp³-hybridized carbons (Fsp3) is 0.170. The topological polar surface area (TPSA) is 264 Å². The van der Waals surface area contributed by atoms with Gasteiger partial charge in [-0.05, 0) is 167 Å². The summed E-state index contributed by atoms with van der Waals surface area (Å²) >= 11 is 15.5. The van der Waals surface area contributed by atoms with Crippen LogP contribution >= 0.6 is 135 Å². The van der Waals surface area contributed by atoms with E-state index < -0.39 is 26.0 Å². The minimum atomic E-state index is -3.88. The molecule has 0 bridgehead atoms. The van der Waals surface area contributed by atoms with Gasteiger partial charge in [0.15, 0.2) is 11.6 Å². The van der Waals surface area contributed by atoms with Crippen molar-refractivity contribution in [2.45, 2.75) is 56.2 Å². The van der Waals surface area contributed by atoms with Gasteiger partial charge in [-0.2, -0.15) is 37.4 Å². The Balaban J connectivity index is 0.000000203. The summed E-state index contributed by atoms with van der Waals surface area (Å²) in [5, 5.41) is 26.8. The largest absolute Gasteiger partial charge is 0.335 e. The fourth-order valence-corrected chi connectivity index (χ4v) is 221. The SMILES string of the molecule is C.CCOC(=O)C1=NS(=O)(=O)c2cc(I)ccc2N1.I[I-]I(I)I(I)I.N#CCc1ccccc1-n1cccn1.NCCc1ccccc1-n1cccn1.O=C(CCCc1ccccc1-n1cccn1)C1=NS(=O)(=O)c2cc(I)ccc2N1. The number of amidine groups is 2. The summed E-state index contributed by atoms with van der Waals surface area (Å²) in [5.41, 5.74) is 12.6. The van der Waals surface area contributed by atoms with Gasteiger partial charge in [0.25, 0.3) is 20.0 Å². The Morgan fingerprint density at radius 3 is 1.51 bits per heavy atom. The van der Waals surface area contributed by atoms with E-state index in [1.807, 2.05) is 147 Å². The Labute approximate surface area is 566 Å². The van der Waals surface area contributed by atoms with Gasteiger partial charge in [-0.25, -0.2) is 18.8 Å². The van der Waals surface area contributed by atoms with Gasteiger partial charge in [0.1, 0.15) is 9.79 Å². The number of para-hydroxylation sites is 3. The number of hydrogen-bond donors (Lipinski definition) is 3. The molecule has 0 radical (unpaired) electrons. The van der Waals surface area contributed by atoms with Crippen LogP contribution in [0.2, 0.25) is 0 Å². The zero-order valence-electron chi connectivity index (χ0n) is 42.7. The van der Waals surface area contributed by atoms with Gasteiger partial charge >= 0.3 is 109 Å². The van der Waals surface area contributed by atoms with Crippen molar-refractivity contribution >= 4 is 190 Å². The fourth-order valence-electron chi connectivity index (χ4n) is 7.50. The molecular formula is C53H52I9N12O7S2-. The number of anilines is 2. The molecular weight excluding hydrogens is 2120 g/mol. The molecule has 19 nitrogen and oxygen atoms in total. The Morgan fingerprint density at radius 2 is 1.10 bits per heavy atom. The molecule has 0 fully saturated rings. The van der Waals surface area contributed by atoms with Crippen LogP contribution in [0.25, 0.3) is 17.1 Å². The summed E-state index contributed by atoms with van der Waals surface area (Å²) in [5.74, 6) is -1.55. The van der Waals surface area contributed by atoms with Crippen LogP contribution in [-0.2, 0) is 53.6 Å². The second-order valence-corrected chi connectivity index (χ2v) is 136. The Bertz CT molecular complexity index is 3760. The summed E-state index contributed by atoms with van der Waals surface area (Å²) in [6.07, 6.45) is 13.6. The standard InChI is InChI=1S/C20H17IN4O3S.C11H13N3.C11H9N3.C10H9IN2O4S.CH4.I7/c21-15-9-10-16-19(13-15)29(27,28)24-20(23-16)18(26)8-3-6-14-5-1-2-7-17(14)25-12-4-11-22-25;2*12-7-6-10-4-1-2-5-11(10)14-9-3-8-13-14;1-2-17-10(14)9-12-7-4-3-6(11)5-8(7)18(15,16)13-9;;1-5-7(4)6(2)3/h1-2,4-5,7,9-13H,3,6,8H2,(H,23,24);1-5,8-9H,6-7,12H2;1-5,8-9H,6H2;3-5H,2H2,1H3,(H,12,13);1H4;/q;;;;;-1. The molecule has 83 heavy (non-hydrogen) atoms. The van der Waals surface area contributed by atoms with E-state index in [4.69, 9.17) is 15.7 Å². The van der Waals surface area contributed by atoms with E-state index in [1.54, 1.807) is 59.1 Å². The maximum absolute atomic E-state index is 12.6. The number of carbonyl (C=O) groups is 2. The number of carbonyl (C=O) groups excluding carboxylic acids is 2. The van der Waals surface area contributed by atoms with E-state index in [2.05, 4.69) is 127 Å². The first-order valence-corrected chi connectivity index (χ1v) is 66.7. The number of ketones is 1. The predicted molar refractivity (Wildman–Crippen MR) is 393 cm³/mol. The predicted octanol–water partition coefficient (Wildman–Crippen LogP) is 11.2. The third-order valence-electron chi connectivity index (χ3n) is 11.0. The second-order valence-electron chi connectivity index (χ2n) is 16.3. The van der Waals surface area contributed by atoms with Crippen LogP contribution in [0.4, 0.5) is 11.4 Å². The van der Waals surface area contributed by atoms with Crippen molar-refractivity contribution < 1.29 is 44.4 Å². The third kappa shape index (κ3) is 21.8. The van der Waals surface area contributed by atoms with Gasteiger partial charge in [-0.3, -0.25) is 4.79 Å². The first-order valence-electron chi connectivity index (χ1n) is 23.9. The van der Waals surface area contributed by atoms with E-state index in [1.165, 1.54) is 17.7 Å². The number of esters is 1. The van der Waals surface area contributed by atoms with Gasteiger partial charge < -0.3 is 21.1 Å². The van der Waals surface area contributed by atoms with E-state index in [9.17, 15) is 26.4 Å². The van der Waals surface area contributed by atoms with Crippen molar-refractivity contribution in [3.63, 3.8) is 0 Å². The van der Waals surface area contributed by atoms with Crippen LogP contribution in [0.5, 0.6) is 0 Å². The second kappa shape index (κ2) is 36.3. The quantitative estimate of drug-likeness (QED) is 0.0637. The molecule has 0 saturated heterocycles. The number of aryl methyl sites for hydroxylation is 1. The molecule has 8 aromatic rings. The average Bonchev–Trinajstić information content (AvgIpc) is 4.13. The molecule has 30 heteroatoms. The molecule has 2 aliphatic rings. The van der Waals surface area contributed by atoms with E-state index in [0.29, 0.717) is 50.4 Å². The molecule has 0 spiro atoms. The van der Waals surface area contributed by atoms with Crippen LogP contribution in [0.1, 0.15) is 43.9 Å². The molecule has 10 rings (SSSR count). The number of halogens is 9. The maximum Gasteiger partial charge on any atom is 0.286 e. The molecule has 2 aliphatic heterocycles. The summed E-state index contributed by atoms with van der Waals surface area (Å²) in [7, 11) is -8.23. The van der Waals surface area contributed by atoms with Crippen molar-refractivity contribution in [1.82, 2.24) is 29.3 Å². The molecule has 0 atom stereocenters. The zero-order valence-corrected chi connectivity index (χ0v) is 63.8. The first kappa shape index (κ1) is 71.5. The number of rotatable bonds is 15. The molecule has 0 unspecified atom stereocenters. The minimum Gasteiger partial charge on any atom is -0.335 e. The van der Waals surface area contributed by atoms with Gasteiger partial charge in [-0.15, -0.1) is 8.80 Å². The van der Waals surface area contributed by atoms with Crippen molar-refractivity contribution in [1.29, 1.82) is 5.26 Å². The average molecular weight is 2180 g/mol. The minimum absolute atomic E-state index is 0. The molecule has 442 valence electrons. The van der Waals surface area contributed by atoms with Gasteiger partial charge in [0.2, 0.25) is 5.84 Å². The molecule has 0 aliphatic carbocycles. The van der Waals surface area contributed by atoms with E-state index in [-0.39, 0.29) is 63.5 Å². The Kier molecular flexibility index (Phi) is 31.2. The summed E-state index contributed by atoms with van der Waals surface area (Å²) in [4.78, 5) is 24.2. The van der Waals surface area contributed by atoms with Gasteiger partial charge in [-0.1, -0.05) is 62.0 Å². The number of Topliss-reactive ketones (excluding diaryl/α,β-unsaturated/α-hetero) is 1. The van der Waals surface area contributed by atoms with Crippen LogP contribution in [0, 0.1) is 18.5 Å². The number of fused-ring (bicyclic) bond motifs is 2. The molecule has 3 aromatic heterocycles. The van der Waals surface area contributed by atoms with Crippen molar-refractivity contribution in [2.24, 2.45) is 14.5 Å². The molecule has 0 saturated carbocycles. The number of ether oxygens (including phenoxy) is 1. The third-order valence-corrected chi connectivity index (χ3v) is 263. The van der Waals surface area contributed by atoms with Crippen LogP contribution in [0.3, 0.4) is 0 Å². The molecule has 0 amide bonds. The van der Waals surface area contributed by atoms with Crippen molar-refractivity contribution in [2.75, 3.05) is 23.8 Å². The Morgan fingerprint density at radius 1 is 0.663 bits per heavy atom. The van der Waals surface area contributed by atoms with E-state index >= 15 is 0 Å². The molecule has 5 aromatic carbocycles. The first-order chi connectivity index (χ1) is 39.4. The zero-order chi connectivity index (χ0) is 59.2. The molecule has 4 N–H and O–H groups in total. The van der Waals surface area contributed by atoms with Crippen LogP contribution in [-0.4, -0.2) is 82.8 Å². The van der Waals surface area contributed by atoms with Gasteiger partial charge in [0, 0.05) is 50.7 Å². The summed E-state index contributed by atoms with van der Waals surface area (Å²) < 4.78 is 67.4. The van der Waals surface area contributed by atoms with Crippen LogP contribution < -0.4 is 29.6 Å². The number of nitriles is 1. The number of aromatic nitrogens is 6.